The fourth-order valence-electron chi connectivity index (χ4n) is 1.72. The molecule has 1 rings (SSSR count). The molecule has 0 bridgehead atoms. The highest BCUT2D eigenvalue weighted by atomic mass is 35.5. The third-order valence-electron chi connectivity index (χ3n) is 2.89. The van der Waals surface area contributed by atoms with Crippen LogP contribution in [0, 0.1) is 17.2 Å². The van der Waals surface area contributed by atoms with Gasteiger partial charge in [-0.3, -0.25) is 4.79 Å². The number of rotatable bonds is 6. The first kappa shape index (κ1) is 15.5. The molecule has 1 aromatic rings. The Balaban J connectivity index is 2.51. The van der Waals surface area contributed by atoms with Gasteiger partial charge in [-0.15, -0.1) is 0 Å². The number of nitrogens with two attached hydrogens (primary N) is 1. The van der Waals surface area contributed by atoms with Gasteiger partial charge in [0.05, 0.1) is 10.6 Å². The molecule has 0 saturated heterocycles. The summed E-state index contributed by atoms with van der Waals surface area (Å²) in [6, 6.07) is 6.84. The van der Waals surface area contributed by atoms with Crippen molar-refractivity contribution in [3.8, 4) is 6.07 Å². The van der Waals surface area contributed by atoms with Gasteiger partial charge in [0.1, 0.15) is 6.07 Å². The summed E-state index contributed by atoms with van der Waals surface area (Å²) >= 11 is 5.82. The zero-order valence-electron chi connectivity index (χ0n) is 10.9. The molecule has 5 heteroatoms. The summed E-state index contributed by atoms with van der Waals surface area (Å²) in [6.45, 7) is 2.72. The number of carbonyl (C=O) groups excluding carboxylic acids is 1. The Kier molecular flexibility index (Phi) is 6.34. The summed E-state index contributed by atoms with van der Waals surface area (Å²) in [7, 11) is 0. The van der Waals surface area contributed by atoms with Crippen molar-refractivity contribution >= 4 is 23.2 Å². The Bertz CT molecular complexity index is 482. The van der Waals surface area contributed by atoms with Crippen molar-refractivity contribution < 1.29 is 4.79 Å². The second kappa shape index (κ2) is 7.78. The lowest BCUT2D eigenvalue weighted by molar-refractivity contribution is -0.116. The van der Waals surface area contributed by atoms with Gasteiger partial charge in [-0.05, 0) is 43.5 Å². The summed E-state index contributed by atoms with van der Waals surface area (Å²) in [5.41, 5.74) is 6.41. The SMILES string of the molecule is CC(CCN)CCC(=O)Nc1ccc(Cl)c(C#N)c1. The predicted octanol–water partition coefficient (Wildman–Crippen LogP) is 2.92. The molecule has 0 saturated carbocycles. The molecule has 0 fully saturated rings. The summed E-state index contributed by atoms with van der Waals surface area (Å²) in [6.07, 6.45) is 2.18. The van der Waals surface area contributed by atoms with Gasteiger partial charge in [0.25, 0.3) is 0 Å². The first-order valence-electron chi connectivity index (χ1n) is 6.26. The van der Waals surface area contributed by atoms with E-state index in [4.69, 9.17) is 22.6 Å². The lowest BCUT2D eigenvalue weighted by Gasteiger charge is -2.10. The van der Waals surface area contributed by atoms with Crippen LogP contribution >= 0.6 is 11.6 Å². The molecular formula is C14H18ClN3O. The number of nitrogens with one attached hydrogen (secondary N) is 1. The quantitative estimate of drug-likeness (QED) is 0.840. The average molecular weight is 280 g/mol. The van der Waals surface area contributed by atoms with E-state index < -0.39 is 0 Å². The van der Waals surface area contributed by atoms with Gasteiger partial charge >= 0.3 is 0 Å². The monoisotopic (exact) mass is 279 g/mol. The fraction of sp³-hybridized carbons (Fsp3) is 0.429. The van der Waals surface area contributed by atoms with Crippen molar-refractivity contribution in [2.75, 3.05) is 11.9 Å². The van der Waals surface area contributed by atoms with Crippen LogP contribution in [-0.4, -0.2) is 12.5 Å². The van der Waals surface area contributed by atoms with E-state index in [2.05, 4.69) is 12.2 Å². The molecule has 0 heterocycles. The maximum atomic E-state index is 11.7. The van der Waals surface area contributed by atoms with E-state index in [1.165, 1.54) is 0 Å². The number of hydrogen-bond donors (Lipinski definition) is 2. The third kappa shape index (κ3) is 5.29. The molecule has 0 aliphatic heterocycles. The van der Waals surface area contributed by atoms with Gasteiger partial charge < -0.3 is 11.1 Å². The molecule has 3 N–H and O–H groups in total. The minimum Gasteiger partial charge on any atom is -0.330 e. The number of nitrogens with zero attached hydrogens (tertiary/aromatic N) is 1. The molecule has 0 spiro atoms. The van der Waals surface area contributed by atoms with Gasteiger partial charge in [0.15, 0.2) is 0 Å². The maximum Gasteiger partial charge on any atom is 0.224 e. The maximum absolute atomic E-state index is 11.7. The van der Waals surface area contributed by atoms with E-state index in [1.54, 1.807) is 18.2 Å². The standard InChI is InChI=1S/C14H18ClN3O/c1-10(6-7-16)2-5-14(19)18-12-3-4-13(15)11(8-12)9-17/h3-4,8,10H,2,5-7,16H2,1H3,(H,18,19). The highest BCUT2D eigenvalue weighted by molar-refractivity contribution is 6.31. The number of anilines is 1. The third-order valence-corrected chi connectivity index (χ3v) is 3.22. The van der Waals surface area contributed by atoms with Crippen LogP contribution in [0.1, 0.15) is 31.7 Å². The van der Waals surface area contributed by atoms with E-state index in [0.717, 1.165) is 12.8 Å². The van der Waals surface area contributed by atoms with Crippen LogP contribution in [-0.2, 0) is 4.79 Å². The second-order valence-electron chi connectivity index (χ2n) is 4.58. The van der Waals surface area contributed by atoms with Gasteiger partial charge in [0.2, 0.25) is 5.91 Å². The van der Waals surface area contributed by atoms with Crippen LogP contribution in [0.25, 0.3) is 0 Å². The molecule has 0 aromatic heterocycles. The topological polar surface area (TPSA) is 78.9 Å². The first-order chi connectivity index (χ1) is 9.06. The van der Waals surface area contributed by atoms with E-state index in [-0.39, 0.29) is 5.91 Å². The normalized spacial score (nSPS) is 11.7. The molecule has 0 aliphatic rings. The minimum atomic E-state index is -0.0601. The van der Waals surface area contributed by atoms with Crippen LogP contribution in [0.4, 0.5) is 5.69 Å². The smallest absolute Gasteiger partial charge is 0.224 e. The van der Waals surface area contributed by atoms with Gasteiger partial charge in [-0.25, -0.2) is 0 Å². The van der Waals surface area contributed by atoms with Crippen molar-refractivity contribution in [1.29, 1.82) is 5.26 Å². The zero-order chi connectivity index (χ0) is 14.3. The Morgan fingerprint density at radius 1 is 1.53 bits per heavy atom. The summed E-state index contributed by atoms with van der Waals surface area (Å²) < 4.78 is 0. The Labute approximate surface area is 118 Å². The molecule has 1 amide bonds. The molecule has 1 unspecified atom stereocenters. The summed E-state index contributed by atoms with van der Waals surface area (Å²) in [5, 5.41) is 12.0. The van der Waals surface area contributed by atoms with Crippen molar-refractivity contribution in [1.82, 2.24) is 0 Å². The molecule has 1 aromatic carbocycles. The molecular weight excluding hydrogens is 262 g/mol. The fourth-order valence-corrected chi connectivity index (χ4v) is 1.88. The molecule has 102 valence electrons. The van der Waals surface area contributed by atoms with Crippen molar-refractivity contribution in [3.63, 3.8) is 0 Å². The number of halogens is 1. The lowest BCUT2D eigenvalue weighted by atomic mass is 10.0. The summed E-state index contributed by atoms with van der Waals surface area (Å²) in [5.74, 6) is 0.380. The largest absolute Gasteiger partial charge is 0.330 e. The van der Waals surface area contributed by atoms with Crippen LogP contribution in [0.3, 0.4) is 0 Å². The van der Waals surface area contributed by atoms with Gasteiger partial charge in [-0.1, -0.05) is 18.5 Å². The van der Waals surface area contributed by atoms with E-state index in [1.807, 2.05) is 6.07 Å². The second-order valence-corrected chi connectivity index (χ2v) is 4.98. The Morgan fingerprint density at radius 3 is 2.89 bits per heavy atom. The number of benzene rings is 1. The average Bonchev–Trinajstić information content (AvgIpc) is 2.39. The Hall–Kier alpha value is -1.57. The molecule has 0 aliphatic carbocycles. The number of amides is 1. The first-order valence-corrected chi connectivity index (χ1v) is 6.64. The van der Waals surface area contributed by atoms with Crippen LogP contribution in [0.2, 0.25) is 5.02 Å². The van der Waals surface area contributed by atoms with Crippen molar-refractivity contribution in [2.45, 2.75) is 26.2 Å². The van der Waals surface area contributed by atoms with Crippen LogP contribution in [0.15, 0.2) is 18.2 Å². The lowest BCUT2D eigenvalue weighted by Crippen LogP contribution is -2.14. The van der Waals surface area contributed by atoms with Crippen LogP contribution < -0.4 is 11.1 Å². The molecule has 1 atom stereocenters. The number of nitriles is 1. The highest BCUT2D eigenvalue weighted by Gasteiger charge is 2.08. The Morgan fingerprint density at radius 2 is 2.26 bits per heavy atom. The van der Waals surface area contributed by atoms with E-state index >= 15 is 0 Å². The van der Waals surface area contributed by atoms with Crippen LogP contribution in [0.5, 0.6) is 0 Å². The summed E-state index contributed by atoms with van der Waals surface area (Å²) in [4.78, 5) is 11.7. The molecule has 0 radical (unpaired) electrons. The van der Waals surface area contributed by atoms with E-state index in [0.29, 0.717) is 35.2 Å². The van der Waals surface area contributed by atoms with E-state index in [9.17, 15) is 4.79 Å². The minimum absolute atomic E-state index is 0.0601. The molecule has 19 heavy (non-hydrogen) atoms. The van der Waals surface area contributed by atoms with Gasteiger partial charge in [0, 0.05) is 12.1 Å². The highest BCUT2D eigenvalue weighted by Crippen LogP contribution is 2.20. The number of carbonyl (C=O) groups is 1. The van der Waals surface area contributed by atoms with Gasteiger partial charge in [-0.2, -0.15) is 5.26 Å². The number of hydrogen-bond acceptors (Lipinski definition) is 3. The zero-order valence-corrected chi connectivity index (χ0v) is 11.7. The predicted molar refractivity (Wildman–Crippen MR) is 76.9 cm³/mol. The van der Waals surface area contributed by atoms with Crippen molar-refractivity contribution in [2.24, 2.45) is 11.7 Å². The molecule has 4 nitrogen and oxygen atoms in total. The van der Waals surface area contributed by atoms with Crippen molar-refractivity contribution in [3.05, 3.63) is 28.8 Å².